The fourth-order valence-corrected chi connectivity index (χ4v) is 1.73. The van der Waals surface area contributed by atoms with E-state index in [0.29, 0.717) is 0 Å². The molecule has 0 amide bonds. The van der Waals surface area contributed by atoms with Gasteiger partial charge in [0.25, 0.3) is 0 Å². The van der Waals surface area contributed by atoms with Gasteiger partial charge in [0.15, 0.2) is 0 Å². The Morgan fingerprint density at radius 1 is 0.700 bits per heavy atom. The first-order valence-corrected chi connectivity index (χ1v) is 6.53. The number of aromatic nitrogens is 1. The lowest BCUT2D eigenvalue weighted by molar-refractivity contribution is 1.33. The van der Waals surface area contributed by atoms with E-state index in [9.17, 15) is 0 Å². The SMILES string of the molecule is C=Cc1ccc(-c2cccnc2)cc1.c1ccccc1. The molecule has 0 atom stereocenters. The van der Waals surface area contributed by atoms with Gasteiger partial charge in [-0.15, -0.1) is 0 Å². The van der Waals surface area contributed by atoms with Gasteiger partial charge in [-0.1, -0.05) is 79.4 Å². The summed E-state index contributed by atoms with van der Waals surface area (Å²) in [5, 5.41) is 0. The second-order valence-electron chi connectivity index (χ2n) is 4.22. The van der Waals surface area contributed by atoms with Gasteiger partial charge in [0.2, 0.25) is 0 Å². The second kappa shape index (κ2) is 7.70. The number of nitrogens with zero attached hydrogens (tertiary/aromatic N) is 1. The van der Waals surface area contributed by atoms with Gasteiger partial charge in [0.1, 0.15) is 0 Å². The van der Waals surface area contributed by atoms with Crippen LogP contribution in [-0.2, 0) is 0 Å². The third-order valence-electron chi connectivity index (χ3n) is 2.81. The summed E-state index contributed by atoms with van der Waals surface area (Å²) in [6.45, 7) is 3.72. The van der Waals surface area contributed by atoms with Crippen LogP contribution in [0.5, 0.6) is 0 Å². The zero-order chi connectivity index (χ0) is 14.0. The molecule has 0 aliphatic carbocycles. The fourth-order valence-electron chi connectivity index (χ4n) is 1.73. The molecule has 98 valence electrons. The first kappa shape index (κ1) is 13.8. The first-order valence-electron chi connectivity index (χ1n) is 6.53. The second-order valence-corrected chi connectivity index (χ2v) is 4.22. The molecule has 0 fully saturated rings. The Labute approximate surface area is 120 Å². The average Bonchev–Trinajstić information content (AvgIpc) is 2.58. The van der Waals surface area contributed by atoms with Gasteiger partial charge in [-0.2, -0.15) is 0 Å². The van der Waals surface area contributed by atoms with Gasteiger partial charge < -0.3 is 0 Å². The summed E-state index contributed by atoms with van der Waals surface area (Å²) in [6.07, 6.45) is 5.48. The van der Waals surface area contributed by atoms with Gasteiger partial charge in [0, 0.05) is 12.4 Å². The van der Waals surface area contributed by atoms with Crippen molar-refractivity contribution >= 4 is 6.08 Å². The van der Waals surface area contributed by atoms with Crippen molar-refractivity contribution in [3.05, 3.63) is 97.3 Å². The highest BCUT2D eigenvalue weighted by molar-refractivity contribution is 5.64. The maximum absolute atomic E-state index is 4.08. The van der Waals surface area contributed by atoms with Gasteiger partial charge in [0.05, 0.1) is 0 Å². The quantitative estimate of drug-likeness (QED) is 0.625. The predicted molar refractivity (Wildman–Crippen MR) is 86.2 cm³/mol. The van der Waals surface area contributed by atoms with E-state index in [0.717, 1.165) is 11.1 Å². The van der Waals surface area contributed by atoms with Crippen LogP contribution in [0, 0.1) is 0 Å². The summed E-state index contributed by atoms with van der Waals surface area (Å²) in [7, 11) is 0. The molecule has 0 saturated heterocycles. The summed E-state index contributed by atoms with van der Waals surface area (Å²) in [4.78, 5) is 4.08. The standard InChI is InChI=1S/C13H11N.C6H6/c1-2-11-5-7-12(8-6-11)13-4-3-9-14-10-13;1-2-4-6-5-3-1/h2-10H,1H2;1-6H. The molecule has 1 heteroatoms. The van der Waals surface area contributed by atoms with Gasteiger partial charge in [-0.3, -0.25) is 4.98 Å². The van der Waals surface area contributed by atoms with E-state index in [1.807, 2.05) is 54.7 Å². The van der Waals surface area contributed by atoms with Crippen LogP contribution in [0.1, 0.15) is 5.56 Å². The minimum absolute atomic E-state index is 1.14. The molecule has 0 N–H and O–H groups in total. The molecule has 1 aromatic heterocycles. The topological polar surface area (TPSA) is 12.9 Å². The number of hydrogen-bond acceptors (Lipinski definition) is 1. The Bertz CT molecular complexity index is 586. The monoisotopic (exact) mass is 259 g/mol. The van der Waals surface area contributed by atoms with E-state index in [4.69, 9.17) is 0 Å². The lowest BCUT2D eigenvalue weighted by Gasteiger charge is -2.00. The Balaban J connectivity index is 0.000000205. The van der Waals surface area contributed by atoms with Crippen LogP contribution in [0.3, 0.4) is 0 Å². The summed E-state index contributed by atoms with van der Waals surface area (Å²) in [6, 6.07) is 24.2. The van der Waals surface area contributed by atoms with Crippen molar-refractivity contribution in [3.8, 4) is 11.1 Å². The molecule has 0 radical (unpaired) electrons. The van der Waals surface area contributed by atoms with Crippen LogP contribution < -0.4 is 0 Å². The molecule has 1 nitrogen and oxygen atoms in total. The zero-order valence-corrected chi connectivity index (χ0v) is 11.3. The summed E-state index contributed by atoms with van der Waals surface area (Å²) < 4.78 is 0. The molecular weight excluding hydrogens is 242 g/mol. The highest BCUT2D eigenvalue weighted by Crippen LogP contribution is 2.18. The number of rotatable bonds is 2. The first-order chi connectivity index (χ1) is 9.90. The van der Waals surface area contributed by atoms with Crippen molar-refractivity contribution in [2.24, 2.45) is 0 Å². The third kappa shape index (κ3) is 4.21. The van der Waals surface area contributed by atoms with Gasteiger partial charge >= 0.3 is 0 Å². The molecule has 3 aromatic rings. The average molecular weight is 259 g/mol. The predicted octanol–water partition coefficient (Wildman–Crippen LogP) is 5.08. The maximum Gasteiger partial charge on any atom is 0.0346 e. The van der Waals surface area contributed by atoms with E-state index in [1.54, 1.807) is 6.20 Å². The molecule has 2 aromatic carbocycles. The van der Waals surface area contributed by atoms with E-state index in [1.165, 1.54) is 5.56 Å². The molecule has 0 spiro atoms. The minimum atomic E-state index is 1.14. The number of pyridine rings is 1. The lowest BCUT2D eigenvalue weighted by Crippen LogP contribution is -1.79. The van der Waals surface area contributed by atoms with Crippen molar-refractivity contribution in [1.82, 2.24) is 4.98 Å². The van der Waals surface area contributed by atoms with Gasteiger partial charge in [-0.25, -0.2) is 0 Å². The van der Waals surface area contributed by atoms with Crippen LogP contribution in [0.4, 0.5) is 0 Å². The Morgan fingerprint density at radius 2 is 1.30 bits per heavy atom. The Morgan fingerprint density at radius 3 is 1.75 bits per heavy atom. The van der Waals surface area contributed by atoms with Crippen molar-refractivity contribution in [3.63, 3.8) is 0 Å². The molecule has 0 bridgehead atoms. The molecule has 0 unspecified atom stereocenters. The van der Waals surface area contributed by atoms with E-state index in [-0.39, 0.29) is 0 Å². The molecule has 0 saturated carbocycles. The minimum Gasteiger partial charge on any atom is -0.264 e. The zero-order valence-electron chi connectivity index (χ0n) is 11.3. The van der Waals surface area contributed by atoms with E-state index < -0.39 is 0 Å². The van der Waals surface area contributed by atoms with Crippen LogP contribution in [0.2, 0.25) is 0 Å². The van der Waals surface area contributed by atoms with E-state index in [2.05, 4.69) is 41.9 Å². The Hall–Kier alpha value is -2.67. The molecule has 3 rings (SSSR count). The number of benzene rings is 2. The largest absolute Gasteiger partial charge is 0.264 e. The third-order valence-corrected chi connectivity index (χ3v) is 2.81. The molecule has 0 aliphatic heterocycles. The van der Waals surface area contributed by atoms with Crippen molar-refractivity contribution in [2.75, 3.05) is 0 Å². The fraction of sp³-hybridized carbons (Fsp3) is 0. The number of hydrogen-bond donors (Lipinski definition) is 0. The summed E-state index contributed by atoms with van der Waals surface area (Å²) in [5.41, 5.74) is 3.46. The molecule has 20 heavy (non-hydrogen) atoms. The summed E-state index contributed by atoms with van der Waals surface area (Å²) in [5.74, 6) is 0. The molecule has 0 aliphatic rings. The molecule has 1 heterocycles. The normalized spacial score (nSPS) is 9.20. The van der Waals surface area contributed by atoms with Crippen LogP contribution in [-0.4, -0.2) is 4.98 Å². The summed E-state index contributed by atoms with van der Waals surface area (Å²) >= 11 is 0. The Kier molecular flexibility index (Phi) is 5.29. The van der Waals surface area contributed by atoms with Gasteiger partial charge in [-0.05, 0) is 22.8 Å². The highest BCUT2D eigenvalue weighted by atomic mass is 14.6. The van der Waals surface area contributed by atoms with Crippen molar-refractivity contribution in [2.45, 2.75) is 0 Å². The van der Waals surface area contributed by atoms with Crippen molar-refractivity contribution in [1.29, 1.82) is 0 Å². The lowest BCUT2D eigenvalue weighted by atomic mass is 10.1. The van der Waals surface area contributed by atoms with Crippen LogP contribution in [0.15, 0.2) is 91.8 Å². The van der Waals surface area contributed by atoms with E-state index >= 15 is 0 Å². The van der Waals surface area contributed by atoms with Crippen molar-refractivity contribution < 1.29 is 0 Å². The maximum atomic E-state index is 4.08. The molecular formula is C19H17N. The van der Waals surface area contributed by atoms with Crippen LogP contribution >= 0.6 is 0 Å². The van der Waals surface area contributed by atoms with Crippen LogP contribution in [0.25, 0.3) is 17.2 Å². The smallest absolute Gasteiger partial charge is 0.0346 e. The highest BCUT2D eigenvalue weighted by Gasteiger charge is 1.95.